The molecule has 1 atom stereocenters. The van der Waals surface area contributed by atoms with Crippen molar-refractivity contribution in [3.05, 3.63) is 65.9 Å². The van der Waals surface area contributed by atoms with Gasteiger partial charge in [0.2, 0.25) is 0 Å². The Labute approximate surface area is 134 Å². The molecule has 0 aliphatic heterocycles. The van der Waals surface area contributed by atoms with Gasteiger partial charge in [0.05, 0.1) is 0 Å². The number of aromatic nitrogens is 1. The van der Waals surface area contributed by atoms with Gasteiger partial charge in [-0.2, -0.15) is 0 Å². The van der Waals surface area contributed by atoms with Crippen molar-refractivity contribution in [3.63, 3.8) is 0 Å². The molecule has 0 bridgehead atoms. The van der Waals surface area contributed by atoms with Crippen molar-refractivity contribution in [2.75, 3.05) is 0 Å². The highest BCUT2D eigenvalue weighted by Gasteiger charge is 2.23. The average molecular weight is 306 g/mol. The SMILES string of the molecule is O=C(NC1CCc2c([nH]c3ccccc23)C1)Oc1ccccc1. The zero-order valence-corrected chi connectivity index (χ0v) is 12.7. The molecule has 2 N–H and O–H groups in total. The van der Waals surface area contributed by atoms with Gasteiger partial charge in [-0.25, -0.2) is 4.79 Å². The molecule has 0 fully saturated rings. The van der Waals surface area contributed by atoms with E-state index in [0.29, 0.717) is 5.75 Å². The van der Waals surface area contributed by atoms with Crippen molar-refractivity contribution in [1.82, 2.24) is 10.3 Å². The van der Waals surface area contributed by atoms with E-state index in [1.165, 1.54) is 22.2 Å². The van der Waals surface area contributed by atoms with Gasteiger partial charge in [0.1, 0.15) is 5.75 Å². The monoisotopic (exact) mass is 306 g/mol. The number of H-pyrrole nitrogens is 1. The van der Waals surface area contributed by atoms with E-state index in [4.69, 9.17) is 4.74 Å². The summed E-state index contributed by atoms with van der Waals surface area (Å²) in [5.74, 6) is 0.562. The standard InChI is InChI=1S/C19H18N2O2/c22-19(23-14-6-2-1-3-7-14)20-13-10-11-16-15-8-4-5-9-17(15)21-18(16)12-13/h1-9,13,21H,10-12H2,(H,20,22). The van der Waals surface area contributed by atoms with Crippen LogP contribution in [0.1, 0.15) is 17.7 Å². The summed E-state index contributed by atoms with van der Waals surface area (Å²) >= 11 is 0. The Morgan fingerprint density at radius 2 is 1.87 bits per heavy atom. The Kier molecular flexibility index (Phi) is 3.50. The summed E-state index contributed by atoms with van der Waals surface area (Å²) in [7, 11) is 0. The van der Waals surface area contributed by atoms with E-state index in [0.717, 1.165) is 19.3 Å². The predicted molar refractivity (Wildman–Crippen MR) is 89.7 cm³/mol. The fraction of sp³-hybridized carbons (Fsp3) is 0.211. The lowest BCUT2D eigenvalue weighted by atomic mass is 9.92. The molecule has 0 radical (unpaired) electrons. The molecule has 2 aromatic carbocycles. The predicted octanol–water partition coefficient (Wildman–Crippen LogP) is 3.81. The number of ether oxygens (including phenoxy) is 1. The number of aromatic amines is 1. The maximum atomic E-state index is 12.0. The third-order valence-electron chi connectivity index (χ3n) is 4.37. The Bertz CT molecular complexity index is 839. The molecule has 0 saturated carbocycles. The van der Waals surface area contributed by atoms with Crippen molar-refractivity contribution in [2.24, 2.45) is 0 Å². The Hall–Kier alpha value is -2.75. The minimum atomic E-state index is -0.388. The number of carbonyl (C=O) groups is 1. The van der Waals surface area contributed by atoms with E-state index in [-0.39, 0.29) is 12.1 Å². The van der Waals surface area contributed by atoms with Gasteiger partial charge in [0, 0.05) is 29.1 Å². The highest BCUT2D eigenvalue weighted by Crippen LogP contribution is 2.29. The van der Waals surface area contributed by atoms with Crippen LogP contribution in [0.25, 0.3) is 10.9 Å². The Balaban J connectivity index is 1.45. The summed E-state index contributed by atoms with van der Waals surface area (Å²) in [6.45, 7) is 0. The molecule has 1 unspecified atom stereocenters. The molecule has 4 rings (SSSR count). The first-order valence-corrected chi connectivity index (χ1v) is 7.91. The molecule has 1 amide bonds. The maximum Gasteiger partial charge on any atom is 0.412 e. The molecular weight excluding hydrogens is 288 g/mol. The molecule has 4 nitrogen and oxygen atoms in total. The number of para-hydroxylation sites is 2. The summed E-state index contributed by atoms with van der Waals surface area (Å²) in [4.78, 5) is 15.5. The lowest BCUT2D eigenvalue weighted by Gasteiger charge is -2.23. The van der Waals surface area contributed by atoms with Gasteiger partial charge in [0.25, 0.3) is 0 Å². The molecule has 23 heavy (non-hydrogen) atoms. The van der Waals surface area contributed by atoms with Gasteiger partial charge in [-0.05, 0) is 36.6 Å². The first-order valence-electron chi connectivity index (χ1n) is 7.91. The number of nitrogens with one attached hydrogen (secondary N) is 2. The lowest BCUT2D eigenvalue weighted by Crippen LogP contribution is -2.40. The molecule has 1 aromatic heterocycles. The zero-order valence-electron chi connectivity index (χ0n) is 12.7. The van der Waals surface area contributed by atoms with E-state index in [1.54, 1.807) is 12.1 Å². The van der Waals surface area contributed by atoms with Gasteiger partial charge in [-0.3, -0.25) is 0 Å². The molecule has 1 aliphatic carbocycles. The third-order valence-corrected chi connectivity index (χ3v) is 4.37. The number of hydrogen-bond donors (Lipinski definition) is 2. The summed E-state index contributed by atoms with van der Waals surface area (Å²) in [5.41, 5.74) is 3.78. The van der Waals surface area contributed by atoms with E-state index in [2.05, 4.69) is 28.5 Å². The molecular formula is C19H18N2O2. The normalized spacial score (nSPS) is 16.8. The second-order valence-electron chi connectivity index (χ2n) is 5.91. The molecule has 0 spiro atoms. The quantitative estimate of drug-likeness (QED) is 0.756. The van der Waals surface area contributed by atoms with Crippen LogP contribution in [0.3, 0.4) is 0 Å². The van der Waals surface area contributed by atoms with Gasteiger partial charge < -0.3 is 15.0 Å². The average Bonchev–Trinajstić information content (AvgIpc) is 2.93. The minimum Gasteiger partial charge on any atom is -0.410 e. The Morgan fingerprint density at radius 3 is 2.74 bits per heavy atom. The van der Waals surface area contributed by atoms with Crippen LogP contribution in [0.15, 0.2) is 54.6 Å². The minimum absolute atomic E-state index is 0.103. The summed E-state index contributed by atoms with van der Waals surface area (Å²) in [6.07, 6.45) is 2.32. The number of hydrogen-bond acceptors (Lipinski definition) is 2. The van der Waals surface area contributed by atoms with Crippen LogP contribution >= 0.6 is 0 Å². The van der Waals surface area contributed by atoms with E-state index >= 15 is 0 Å². The first kappa shape index (κ1) is 13.9. The van der Waals surface area contributed by atoms with Gasteiger partial charge in [-0.1, -0.05) is 36.4 Å². The van der Waals surface area contributed by atoms with Crippen LogP contribution in [-0.4, -0.2) is 17.1 Å². The second-order valence-corrected chi connectivity index (χ2v) is 5.91. The van der Waals surface area contributed by atoms with E-state index in [9.17, 15) is 4.79 Å². The van der Waals surface area contributed by atoms with Crippen LogP contribution in [0.4, 0.5) is 4.79 Å². The van der Waals surface area contributed by atoms with Gasteiger partial charge in [-0.15, -0.1) is 0 Å². The lowest BCUT2D eigenvalue weighted by molar-refractivity contribution is 0.194. The van der Waals surface area contributed by atoms with Crippen molar-refractivity contribution in [3.8, 4) is 5.75 Å². The highest BCUT2D eigenvalue weighted by molar-refractivity contribution is 5.85. The van der Waals surface area contributed by atoms with Crippen LogP contribution in [0, 0.1) is 0 Å². The van der Waals surface area contributed by atoms with Crippen molar-refractivity contribution in [1.29, 1.82) is 0 Å². The number of fused-ring (bicyclic) bond motifs is 3. The largest absolute Gasteiger partial charge is 0.412 e. The maximum absolute atomic E-state index is 12.0. The molecule has 1 heterocycles. The van der Waals surface area contributed by atoms with Gasteiger partial charge >= 0.3 is 6.09 Å². The topological polar surface area (TPSA) is 54.1 Å². The van der Waals surface area contributed by atoms with Crippen LogP contribution in [0.5, 0.6) is 5.75 Å². The highest BCUT2D eigenvalue weighted by atomic mass is 16.6. The number of benzene rings is 2. The van der Waals surface area contributed by atoms with E-state index < -0.39 is 0 Å². The number of aryl methyl sites for hydroxylation is 1. The first-order chi connectivity index (χ1) is 11.3. The molecule has 116 valence electrons. The zero-order chi connectivity index (χ0) is 15.6. The Morgan fingerprint density at radius 1 is 1.09 bits per heavy atom. The molecule has 4 heteroatoms. The number of carbonyl (C=O) groups excluding carboxylic acids is 1. The van der Waals surface area contributed by atoms with Crippen LogP contribution in [-0.2, 0) is 12.8 Å². The summed E-state index contributed by atoms with van der Waals surface area (Å²) in [5, 5.41) is 4.27. The summed E-state index contributed by atoms with van der Waals surface area (Å²) < 4.78 is 5.30. The molecule has 3 aromatic rings. The fourth-order valence-electron chi connectivity index (χ4n) is 3.30. The second kappa shape index (κ2) is 5.80. The van der Waals surface area contributed by atoms with Crippen molar-refractivity contribution < 1.29 is 9.53 Å². The van der Waals surface area contributed by atoms with Crippen LogP contribution in [0.2, 0.25) is 0 Å². The van der Waals surface area contributed by atoms with Gasteiger partial charge in [0.15, 0.2) is 0 Å². The van der Waals surface area contributed by atoms with Crippen molar-refractivity contribution in [2.45, 2.75) is 25.3 Å². The van der Waals surface area contributed by atoms with Crippen molar-refractivity contribution >= 4 is 17.0 Å². The molecule has 0 saturated heterocycles. The number of rotatable bonds is 2. The molecule has 1 aliphatic rings. The van der Waals surface area contributed by atoms with E-state index in [1.807, 2.05) is 24.3 Å². The fourth-order valence-corrected chi connectivity index (χ4v) is 3.30. The van der Waals surface area contributed by atoms with Crippen LogP contribution < -0.4 is 10.1 Å². The summed E-state index contributed by atoms with van der Waals surface area (Å²) in [6, 6.07) is 17.6. The smallest absolute Gasteiger partial charge is 0.410 e. The number of amides is 1. The third kappa shape index (κ3) is 2.80.